The van der Waals surface area contributed by atoms with Crippen LogP contribution in [0.2, 0.25) is 0 Å². The number of benzene rings is 3. The van der Waals surface area contributed by atoms with Gasteiger partial charge in [-0.2, -0.15) is 0 Å². The van der Waals surface area contributed by atoms with Gasteiger partial charge in [-0.15, -0.1) is 0 Å². The number of aryl methyl sites for hydroxylation is 3. The van der Waals surface area contributed by atoms with Crippen LogP contribution in [0.3, 0.4) is 0 Å². The lowest BCUT2D eigenvalue weighted by Gasteiger charge is -2.39. The Hall–Kier alpha value is -4.58. The largest absolute Gasteiger partial charge is 0.357 e. The molecule has 0 saturated carbocycles. The number of carbonyl (C=O) groups is 2. The Morgan fingerprint density at radius 3 is 2.29 bits per heavy atom. The van der Waals surface area contributed by atoms with E-state index in [1.54, 1.807) is 11.9 Å². The van der Waals surface area contributed by atoms with Gasteiger partial charge in [-0.25, -0.2) is 0 Å². The summed E-state index contributed by atoms with van der Waals surface area (Å²) in [6, 6.07) is 21.5. The summed E-state index contributed by atoms with van der Waals surface area (Å²) in [4.78, 5) is 29.1. The lowest BCUT2D eigenvalue weighted by molar-refractivity contribution is -0.119. The van der Waals surface area contributed by atoms with Gasteiger partial charge in [0, 0.05) is 66.1 Å². The average Bonchev–Trinajstić information content (AvgIpc) is 3.50. The Morgan fingerprint density at radius 2 is 1.62 bits per heavy atom. The average molecular weight is 561 g/mol. The van der Waals surface area contributed by atoms with Gasteiger partial charge in [0.15, 0.2) is 0 Å². The Labute approximate surface area is 248 Å². The second-order valence-corrected chi connectivity index (χ2v) is 10.9. The van der Waals surface area contributed by atoms with Gasteiger partial charge in [0.2, 0.25) is 5.91 Å². The van der Waals surface area contributed by atoms with E-state index >= 15 is 0 Å². The fourth-order valence-corrected chi connectivity index (χ4v) is 6.32. The Morgan fingerprint density at radius 1 is 0.905 bits per heavy atom. The first-order valence-electron chi connectivity index (χ1n) is 14.7. The van der Waals surface area contributed by atoms with Gasteiger partial charge in [-0.05, 0) is 74.2 Å². The second-order valence-electron chi connectivity index (χ2n) is 10.9. The summed E-state index contributed by atoms with van der Waals surface area (Å²) < 4.78 is 4.28. The van der Waals surface area contributed by atoms with Crippen molar-refractivity contribution in [2.75, 3.05) is 12.4 Å². The monoisotopic (exact) mass is 560 g/mol. The molecule has 0 bridgehead atoms. The number of rotatable bonds is 5. The van der Waals surface area contributed by atoms with Crippen molar-refractivity contribution in [2.45, 2.75) is 52.6 Å². The highest BCUT2D eigenvalue weighted by Gasteiger charge is 2.43. The zero-order chi connectivity index (χ0) is 30.0. The number of aromatic nitrogens is 2. The first-order chi connectivity index (χ1) is 20.3. The van der Waals surface area contributed by atoms with Gasteiger partial charge in [0.1, 0.15) is 0 Å². The SMILES string of the molecule is C/C=C\CC.CCn1c2ccccc2c2cc(NC(=O)C3c4ccccc4C(=O)N(C)C3c3cn(C)cc3C)ccc21. The van der Waals surface area contributed by atoms with Gasteiger partial charge >= 0.3 is 0 Å². The molecule has 0 fully saturated rings. The quantitative estimate of drug-likeness (QED) is 0.222. The molecule has 2 amide bonds. The van der Waals surface area contributed by atoms with E-state index in [0.717, 1.165) is 46.2 Å². The molecular formula is C36H40N4O2. The van der Waals surface area contributed by atoms with Gasteiger partial charge in [-0.1, -0.05) is 55.5 Å². The zero-order valence-corrected chi connectivity index (χ0v) is 25.4. The van der Waals surface area contributed by atoms with Crippen molar-refractivity contribution in [3.63, 3.8) is 0 Å². The fraction of sp³-hybridized carbons (Fsp3) is 0.278. The maximum Gasteiger partial charge on any atom is 0.254 e. The topological polar surface area (TPSA) is 59.3 Å². The van der Waals surface area contributed by atoms with E-state index < -0.39 is 12.0 Å². The smallest absolute Gasteiger partial charge is 0.254 e. The number of allylic oxidation sites excluding steroid dienone is 2. The van der Waals surface area contributed by atoms with Gasteiger partial charge in [0.25, 0.3) is 5.91 Å². The molecule has 1 aliphatic heterocycles. The van der Waals surface area contributed by atoms with Crippen LogP contribution in [0.1, 0.15) is 66.2 Å². The molecular weight excluding hydrogens is 520 g/mol. The molecule has 6 nitrogen and oxygen atoms in total. The van der Waals surface area contributed by atoms with Crippen LogP contribution in [-0.4, -0.2) is 32.9 Å². The van der Waals surface area contributed by atoms with E-state index in [0.29, 0.717) is 5.56 Å². The van der Waals surface area contributed by atoms with Crippen molar-refractivity contribution in [1.82, 2.24) is 14.0 Å². The molecule has 0 saturated heterocycles. The highest BCUT2D eigenvalue weighted by molar-refractivity contribution is 6.10. The molecule has 2 aromatic heterocycles. The van der Waals surface area contributed by atoms with Crippen molar-refractivity contribution in [3.05, 3.63) is 114 Å². The summed E-state index contributed by atoms with van der Waals surface area (Å²) >= 11 is 0. The highest BCUT2D eigenvalue weighted by atomic mass is 16.2. The minimum absolute atomic E-state index is 0.0679. The lowest BCUT2D eigenvalue weighted by atomic mass is 9.79. The van der Waals surface area contributed by atoms with Crippen molar-refractivity contribution >= 4 is 39.3 Å². The third-order valence-corrected chi connectivity index (χ3v) is 8.20. The van der Waals surface area contributed by atoms with E-state index in [9.17, 15) is 9.59 Å². The molecule has 0 aliphatic carbocycles. The minimum Gasteiger partial charge on any atom is -0.357 e. The van der Waals surface area contributed by atoms with E-state index in [-0.39, 0.29) is 11.8 Å². The van der Waals surface area contributed by atoms with Crippen LogP contribution in [0.25, 0.3) is 21.8 Å². The lowest BCUT2D eigenvalue weighted by Crippen LogP contribution is -2.44. The Balaban J connectivity index is 0.000000652. The molecule has 0 spiro atoms. The molecule has 3 aromatic carbocycles. The third kappa shape index (κ3) is 5.13. The van der Waals surface area contributed by atoms with Crippen LogP contribution >= 0.6 is 0 Å². The summed E-state index contributed by atoms with van der Waals surface area (Å²) in [6.45, 7) is 9.20. The maximum absolute atomic E-state index is 14.1. The van der Waals surface area contributed by atoms with Crippen molar-refractivity contribution in [1.29, 1.82) is 0 Å². The number of para-hydroxylation sites is 1. The number of hydrogen-bond donors (Lipinski definition) is 1. The molecule has 1 N–H and O–H groups in total. The molecule has 6 rings (SSSR count). The van der Waals surface area contributed by atoms with Crippen LogP contribution in [0.5, 0.6) is 0 Å². The summed E-state index contributed by atoms with van der Waals surface area (Å²) in [5.74, 6) is -0.743. The predicted molar refractivity (Wildman–Crippen MR) is 173 cm³/mol. The molecule has 216 valence electrons. The number of carbonyl (C=O) groups excluding carboxylic acids is 2. The number of hydrogen-bond acceptors (Lipinski definition) is 2. The van der Waals surface area contributed by atoms with Crippen LogP contribution in [0, 0.1) is 6.92 Å². The number of likely N-dealkylation sites (N-methyl/N-ethyl adjacent to an activating group) is 1. The molecule has 1 aliphatic rings. The van der Waals surface area contributed by atoms with Crippen molar-refractivity contribution < 1.29 is 9.59 Å². The van der Waals surface area contributed by atoms with Crippen molar-refractivity contribution in [3.8, 4) is 0 Å². The predicted octanol–water partition coefficient (Wildman–Crippen LogP) is 7.98. The molecule has 0 radical (unpaired) electrons. The molecule has 42 heavy (non-hydrogen) atoms. The molecule has 5 aromatic rings. The van der Waals surface area contributed by atoms with E-state index in [4.69, 9.17) is 0 Å². The maximum atomic E-state index is 14.1. The summed E-state index contributed by atoms with van der Waals surface area (Å²) in [6.07, 6.45) is 9.39. The fourth-order valence-electron chi connectivity index (χ4n) is 6.32. The highest BCUT2D eigenvalue weighted by Crippen LogP contribution is 2.44. The van der Waals surface area contributed by atoms with E-state index in [1.165, 1.54) is 10.9 Å². The van der Waals surface area contributed by atoms with E-state index in [1.807, 2.05) is 74.3 Å². The zero-order valence-electron chi connectivity index (χ0n) is 25.4. The minimum atomic E-state index is -0.548. The van der Waals surface area contributed by atoms with Crippen molar-refractivity contribution in [2.24, 2.45) is 7.05 Å². The summed E-state index contributed by atoms with van der Waals surface area (Å²) in [5, 5.41) is 5.49. The van der Waals surface area contributed by atoms with Gasteiger partial charge in [-0.3, -0.25) is 9.59 Å². The molecule has 2 atom stereocenters. The standard InChI is InChI=1S/C31H30N4O2.C5H10/c1-5-35-26-13-9-8-10-21(26)24-16-20(14-15-27(24)35)32-30(36)28-22-11-6-7-12-23(22)31(37)34(4)29(28)25-18-33(3)17-19(25)2;1-3-5-4-2/h6-18,28-29H,5H2,1-4H3,(H,32,36);3,5H,4H2,1-2H3/b;5-3-. The normalized spacial score (nSPS) is 16.5. The third-order valence-electron chi connectivity index (χ3n) is 8.20. The Bertz CT molecular complexity index is 1790. The first kappa shape index (κ1) is 28.9. The molecule has 6 heteroatoms. The summed E-state index contributed by atoms with van der Waals surface area (Å²) in [7, 11) is 3.76. The van der Waals surface area contributed by atoms with Crippen LogP contribution in [0.15, 0.2) is 91.3 Å². The van der Waals surface area contributed by atoms with Gasteiger partial charge < -0.3 is 19.4 Å². The van der Waals surface area contributed by atoms with Crippen LogP contribution in [-0.2, 0) is 18.4 Å². The molecule has 3 heterocycles. The number of amides is 2. The van der Waals surface area contributed by atoms with Crippen LogP contribution < -0.4 is 5.32 Å². The summed E-state index contributed by atoms with van der Waals surface area (Å²) in [5.41, 5.74) is 6.46. The second kappa shape index (κ2) is 12.1. The van der Waals surface area contributed by atoms with E-state index in [2.05, 4.69) is 66.2 Å². The number of nitrogens with zero attached hydrogens (tertiary/aromatic N) is 3. The number of nitrogens with one attached hydrogen (secondary N) is 1. The molecule has 2 unspecified atom stereocenters. The Kier molecular flexibility index (Phi) is 8.34. The van der Waals surface area contributed by atoms with Gasteiger partial charge in [0.05, 0.1) is 12.0 Å². The first-order valence-corrected chi connectivity index (χ1v) is 14.7. The number of fused-ring (bicyclic) bond motifs is 4. The van der Waals surface area contributed by atoms with Crippen LogP contribution in [0.4, 0.5) is 5.69 Å². The number of anilines is 1.